The van der Waals surface area contributed by atoms with Gasteiger partial charge in [-0.05, 0) is 44.4 Å². The third kappa shape index (κ3) is 2.65. The SMILES string of the molecule is O=C1COc2c(Br)cc(F)cc2N1Cc1ccc2ccccc2c1. The lowest BCUT2D eigenvalue weighted by Gasteiger charge is -2.30. The zero-order valence-electron chi connectivity index (χ0n) is 12.6. The molecule has 120 valence electrons. The first-order valence-electron chi connectivity index (χ1n) is 7.52. The number of ether oxygens (including phenoxy) is 1. The molecule has 0 N–H and O–H groups in total. The summed E-state index contributed by atoms with van der Waals surface area (Å²) in [5.74, 6) is -0.104. The highest BCUT2D eigenvalue weighted by Gasteiger charge is 2.28. The predicted molar refractivity (Wildman–Crippen MR) is 94.7 cm³/mol. The first kappa shape index (κ1) is 15.1. The monoisotopic (exact) mass is 385 g/mol. The molecule has 0 saturated heterocycles. The second kappa shape index (κ2) is 5.91. The number of nitrogens with zero attached hydrogens (tertiary/aromatic N) is 1. The molecule has 1 aliphatic heterocycles. The number of hydrogen-bond acceptors (Lipinski definition) is 2. The third-order valence-electron chi connectivity index (χ3n) is 4.08. The van der Waals surface area contributed by atoms with Crippen LogP contribution < -0.4 is 9.64 Å². The van der Waals surface area contributed by atoms with Gasteiger partial charge < -0.3 is 9.64 Å². The lowest BCUT2D eigenvalue weighted by molar-refractivity contribution is -0.121. The third-order valence-corrected chi connectivity index (χ3v) is 4.66. The van der Waals surface area contributed by atoms with Crippen molar-refractivity contribution in [1.82, 2.24) is 0 Å². The van der Waals surface area contributed by atoms with E-state index in [2.05, 4.69) is 15.9 Å². The van der Waals surface area contributed by atoms with Crippen LogP contribution in [0.25, 0.3) is 10.8 Å². The second-order valence-electron chi connectivity index (χ2n) is 5.69. The van der Waals surface area contributed by atoms with Crippen LogP contribution in [0.5, 0.6) is 5.75 Å². The summed E-state index contributed by atoms with van der Waals surface area (Å²) >= 11 is 3.30. The molecule has 0 fully saturated rings. The normalized spacial score (nSPS) is 13.8. The van der Waals surface area contributed by atoms with Crippen LogP contribution in [0.1, 0.15) is 5.56 Å². The van der Waals surface area contributed by atoms with E-state index in [1.807, 2.05) is 42.5 Å². The predicted octanol–water partition coefficient (Wildman–Crippen LogP) is 4.67. The highest BCUT2D eigenvalue weighted by atomic mass is 79.9. The van der Waals surface area contributed by atoms with Gasteiger partial charge in [-0.15, -0.1) is 0 Å². The maximum atomic E-state index is 13.8. The van der Waals surface area contributed by atoms with Gasteiger partial charge in [-0.1, -0.05) is 36.4 Å². The first-order valence-corrected chi connectivity index (χ1v) is 8.31. The van der Waals surface area contributed by atoms with Gasteiger partial charge in [0.2, 0.25) is 0 Å². The van der Waals surface area contributed by atoms with E-state index in [-0.39, 0.29) is 12.5 Å². The number of carbonyl (C=O) groups is 1. The van der Waals surface area contributed by atoms with Gasteiger partial charge in [0, 0.05) is 6.07 Å². The smallest absolute Gasteiger partial charge is 0.265 e. The van der Waals surface area contributed by atoms with E-state index in [1.54, 1.807) is 4.90 Å². The Balaban J connectivity index is 1.74. The Hall–Kier alpha value is -2.40. The van der Waals surface area contributed by atoms with E-state index >= 15 is 0 Å². The summed E-state index contributed by atoms with van der Waals surface area (Å²) in [6, 6.07) is 16.8. The summed E-state index contributed by atoms with van der Waals surface area (Å²) in [5.41, 5.74) is 1.43. The van der Waals surface area contributed by atoms with Crippen molar-refractivity contribution in [2.75, 3.05) is 11.5 Å². The van der Waals surface area contributed by atoms with Crippen LogP contribution >= 0.6 is 15.9 Å². The minimum Gasteiger partial charge on any atom is -0.480 e. The fourth-order valence-corrected chi connectivity index (χ4v) is 3.47. The summed E-state index contributed by atoms with van der Waals surface area (Å²) in [6.07, 6.45) is 0. The maximum Gasteiger partial charge on any atom is 0.265 e. The van der Waals surface area contributed by atoms with Crippen molar-refractivity contribution >= 4 is 38.3 Å². The molecule has 0 aromatic heterocycles. The average Bonchev–Trinajstić information content (AvgIpc) is 2.57. The first-order chi connectivity index (χ1) is 11.6. The molecule has 3 nitrogen and oxygen atoms in total. The topological polar surface area (TPSA) is 29.5 Å². The molecule has 3 aromatic carbocycles. The zero-order valence-corrected chi connectivity index (χ0v) is 14.2. The fraction of sp³-hybridized carbons (Fsp3) is 0.105. The molecule has 3 aromatic rings. The van der Waals surface area contributed by atoms with Gasteiger partial charge in [-0.25, -0.2) is 4.39 Å². The highest BCUT2D eigenvalue weighted by Crippen LogP contribution is 2.40. The van der Waals surface area contributed by atoms with Crippen LogP contribution in [0.15, 0.2) is 59.1 Å². The largest absolute Gasteiger partial charge is 0.480 e. The number of benzene rings is 3. The summed E-state index contributed by atoms with van der Waals surface area (Å²) in [5, 5.41) is 2.25. The molecular formula is C19H13BrFNO2. The number of amides is 1. The Morgan fingerprint density at radius 2 is 1.88 bits per heavy atom. The molecule has 0 bridgehead atoms. The van der Waals surface area contributed by atoms with E-state index in [4.69, 9.17) is 4.74 Å². The molecule has 0 saturated carbocycles. The van der Waals surface area contributed by atoms with Crippen molar-refractivity contribution in [3.8, 4) is 5.75 Å². The molecular weight excluding hydrogens is 373 g/mol. The van der Waals surface area contributed by atoms with Gasteiger partial charge in [-0.2, -0.15) is 0 Å². The number of anilines is 1. The van der Waals surface area contributed by atoms with Crippen LogP contribution in [0.3, 0.4) is 0 Å². The van der Waals surface area contributed by atoms with E-state index in [9.17, 15) is 9.18 Å². The van der Waals surface area contributed by atoms with Gasteiger partial charge >= 0.3 is 0 Å². The van der Waals surface area contributed by atoms with E-state index < -0.39 is 5.82 Å². The second-order valence-corrected chi connectivity index (χ2v) is 6.54. The molecule has 0 unspecified atom stereocenters. The molecule has 0 aliphatic carbocycles. The molecule has 0 spiro atoms. The van der Waals surface area contributed by atoms with Crippen molar-refractivity contribution < 1.29 is 13.9 Å². The molecule has 0 radical (unpaired) electrons. The Morgan fingerprint density at radius 1 is 1.08 bits per heavy atom. The van der Waals surface area contributed by atoms with Crippen LogP contribution in [0.4, 0.5) is 10.1 Å². The lowest BCUT2D eigenvalue weighted by atomic mass is 10.1. The molecule has 1 heterocycles. The molecule has 24 heavy (non-hydrogen) atoms. The van der Waals surface area contributed by atoms with Gasteiger partial charge in [-0.3, -0.25) is 4.79 Å². The van der Waals surface area contributed by atoms with Crippen molar-refractivity contribution in [3.05, 3.63) is 70.5 Å². The summed E-state index contributed by atoms with van der Waals surface area (Å²) in [6.45, 7) is 0.320. The zero-order chi connectivity index (χ0) is 16.7. The van der Waals surface area contributed by atoms with Gasteiger partial charge in [0.15, 0.2) is 12.4 Å². The molecule has 1 amide bonds. The van der Waals surface area contributed by atoms with Gasteiger partial charge in [0.1, 0.15) is 5.82 Å². The van der Waals surface area contributed by atoms with E-state index in [0.717, 1.165) is 16.3 Å². The molecule has 0 atom stereocenters. The summed E-state index contributed by atoms with van der Waals surface area (Å²) in [7, 11) is 0. The Labute approximate surface area is 146 Å². The standard InChI is InChI=1S/C19H13BrFNO2/c20-16-8-15(21)9-17-19(16)24-11-18(23)22(17)10-12-5-6-13-3-1-2-4-14(13)7-12/h1-9H,10-11H2. The van der Waals surface area contributed by atoms with Crippen LogP contribution in [-0.4, -0.2) is 12.5 Å². The fourth-order valence-electron chi connectivity index (χ4n) is 2.93. The molecule has 1 aliphatic rings. The lowest BCUT2D eigenvalue weighted by Crippen LogP contribution is -2.38. The van der Waals surface area contributed by atoms with Gasteiger partial charge in [0.05, 0.1) is 16.7 Å². The minimum atomic E-state index is -0.414. The van der Waals surface area contributed by atoms with Gasteiger partial charge in [0.25, 0.3) is 5.91 Å². The van der Waals surface area contributed by atoms with Crippen LogP contribution in [0, 0.1) is 5.82 Å². The minimum absolute atomic E-state index is 0.0508. The van der Waals surface area contributed by atoms with Crippen LogP contribution in [0.2, 0.25) is 0 Å². The Morgan fingerprint density at radius 3 is 2.71 bits per heavy atom. The van der Waals surface area contributed by atoms with E-state index in [0.29, 0.717) is 22.5 Å². The highest BCUT2D eigenvalue weighted by molar-refractivity contribution is 9.10. The van der Waals surface area contributed by atoms with Crippen molar-refractivity contribution in [2.24, 2.45) is 0 Å². The quantitative estimate of drug-likeness (QED) is 0.641. The van der Waals surface area contributed by atoms with E-state index in [1.165, 1.54) is 12.1 Å². The number of rotatable bonds is 2. The Bertz CT molecular complexity index is 957. The number of carbonyl (C=O) groups excluding carboxylic acids is 1. The summed E-state index contributed by atoms with van der Waals surface area (Å²) < 4.78 is 19.7. The number of hydrogen-bond donors (Lipinski definition) is 0. The van der Waals surface area contributed by atoms with Crippen molar-refractivity contribution in [3.63, 3.8) is 0 Å². The number of fused-ring (bicyclic) bond motifs is 2. The maximum absolute atomic E-state index is 13.8. The molecule has 4 rings (SSSR count). The molecule has 5 heteroatoms. The van der Waals surface area contributed by atoms with Crippen molar-refractivity contribution in [2.45, 2.75) is 6.54 Å². The van der Waals surface area contributed by atoms with Crippen LogP contribution in [-0.2, 0) is 11.3 Å². The average molecular weight is 386 g/mol. The Kier molecular flexibility index (Phi) is 3.73. The summed E-state index contributed by atoms with van der Waals surface area (Å²) in [4.78, 5) is 13.9. The van der Waals surface area contributed by atoms with Crippen molar-refractivity contribution in [1.29, 1.82) is 0 Å². The number of halogens is 2.